The summed E-state index contributed by atoms with van der Waals surface area (Å²) in [5, 5.41) is 18.1. The minimum atomic E-state index is -0.721. The van der Waals surface area contributed by atoms with E-state index < -0.39 is 5.97 Å². The minimum absolute atomic E-state index is 0.00376. The number of hydrogen-bond donors (Lipinski definition) is 3. The van der Waals surface area contributed by atoms with Crippen molar-refractivity contribution < 1.29 is 14.7 Å². The first-order chi connectivity index (χ1) is 11.0. The molecule has 3 N–H and O–H groups in total. The van der Waals surface area contributed by atoms with Crippen molar-refractivity contribution in [2.75, 3.05) is 0 Å². The zero-order valence-corrected chi connectivity index (χ0v) is 14.1. The van der Waals surface area contributed by atoms with Crippen LogP contribution in [0.15, 0.2) is 5.38 Å². The van der Waals surface area contributed by atoms with E-state index in [1.165, 1.54) is 0 Å². The Labute approximate surface area is 139 Å². The Hall–Kier alpha value is -1.63. The number of nitrogens with zero attached hydrogens (tertiary/aromatic N) is 1. The topological polar surface area (TPSA) is 91.3 Å². The third-order valence-corrected chi connectivity index (χ3v) is 5.74. The molecule has 1 aromatic heterocycles. The molecule has 0 aliphatic heterocycles. The number of aryl methyl sites for hydroxylation is 1. The third kappa shape index (κ3) is 4.22. The van der Waals surface area contributed by atoms with Gasteiger partial charge in [-0.25, -0.2) is 9.78 Å². The number of rotatable bonds is 5. The van der Waals surface area contributed by atoms with E-state index in [4.69, 9.17) is 5.11 Å². The molecule has 2 fully saturated rings. The van der Waals surface area contributed by atoms with Gasteiger partial charge in [-0.15, -0.1) is 11.3 Å². The van der Waals surface area contributed by atoms with E-state index in [0.717, 1.165) is 36.4 Å². The number of carboxylic acids is 1. The number of carbonyl (C=O) groups is 2. The van der Waals surface area contributed by atoms with Gasteiger partial charge in [0.15, 0.2) is 0 Å². The number of hydrogen-bond acceptors (Lipinski definition) is 4. The highest BCUT2D eigenvalue weighted by molar-refractivity contribution is 7.09. The van der Waals surface area contributed by atoms with Gasteiger partial charge in [0.25, 0.3) is 0 Å². The summed E-state index contributed by atoms with van der Waals surface area (Å²) < 4.78 is 0. The summed E-state index contributed by atoms with van der Waals surface area (Å²) in [4.78, 5) is 27.8. The summed E-state index contributed by atoms with van der Waals surface area (Å²) in [6.07, 6.45) is 5.00. The van der Waals surface area contributed by atoms with E-state index in [1.54, 1.807) is 11.3 Å². The van der Waals surface area contributed by atoms with Crippen LogP contribution >= 0.6 is 11.3 Å². The number of urea groups is 1. The normalized spacial score (nSPS) is 25.6. The van der Waals surface area contributed by atoms with Gasteiger partial charge >= 0.3 is 12.0 Å². The van der Waals surface area contributed by atoms with Gasteiger partial charge in [-0.2, -0.15) is 0 Å². The second-order valence-electron chi connectivity index (χ2n) is 6.65. The second kappa shape index (κ2) is 6.86. The van der Waals surface area contributed by atoms with Crippen LogP contribution in [-0.4, -0.2) is 28.1 Å². The number of aromatic nitrogens is 1. The van der Waals surface area contributed by atoms with Gasteiger partial charge in [0.2, 0.25) is 0 Å². The first kappa shape index (κ1) is 16.2. The Balaban J connectivity index is 1.51. The zero-order valence-electron chi connectivity index (χ0n) is 13.2. The van der Waals surface area contributed by atoms with Crippen LogP contribution in [-0.2, 0) is 4.79 Å². The van der Waals surface area contributed by atoms with E-state index in [9.17, 15) is 9.59 Å². The van der Waals surface area contributed by atoms with Crippen LogP contribution in [0.3, 0.4) is 0 Å². The third-order valence-electron chi connectivity index (χ3n) is 4.69. The number of carboxylic acid groups (broad SMARTS) is 1. The Bertz CT molecular complexity index is 577. The Morgan fingerprint density at radius 1 is 1.26 bits per heavy atom. The fourth-order valence-corrected chi connectivity index (χ4v) is 4.12. The van der Waals surface area contributed by atoms with Gasteiger partial charge in [0.05, 0.1) is 12.0 Å². The van der Waals surface area contributed by atoms with E-state index in [0.29, 0.717) is 18.8 Å². The summed E-state index contributed by atoms with van der Waals surface area (Å²) in [6.45, 7) is 1.96. The molecule has 3 rings (SSSR count). The van der Waals surface area contributed by atoms with Crippen LogP contribution in [0.1, 0.15) is 55.3 Å². The number of thiazole rings is 1. The van der Waals surface area contributed by atoms with Gasteiger partial charge in [-0.3, -0.25) is 4.79 Å². The van der Waals surface area contributed by atoms with Crippen molar-refractivity contribution in [2.45, 2.75) is 57.5 Å². The Kier molecular flexibility index (Phi) is 4.84. The average Bonchev–Trinajstić information content (AvgIpc) is 3.27. The largest absolute Gasteiger partial charge is 0.481 e. The van der Waals surface area contributed by atoms with Crippen LogP contribution in [0, 0.1) is 18.8 Å². The molecular formula is C16H23N3O3S. The van der Waals surface area contributed by atoms with Crippen molar-refractivity contribution in [3.8, 4) is 0 Å². The quantitative estimate of drug-likeness (QED) is 0.770. The maximum absolute atomic E-state index is 12.3. The number of aliphatic carboxylic acids is 1. The fourth-order valence-electron chi connectivity index (χ4n) is 3.18. The van der Waals surface area contributed by atoms with Crippen LogP contribution in [0.4, 0.5) is 4.79 Å². The molecule has 0 spiro atoms. The van der Waals surface area contributed by atoms with Crippen molar-refractivity contribution in [3.05, 3.63) is 16.1 Å². The average molecular weight is 337 g/mol. The van der Waals surface area contributed by atoms with Crippen molar-refractivity contribution in [3.63, 3.8) is 0 Å². The first-order valence-electron chi connectivity index (χ1n) is 8.25. The summed E-state index contributed by atoms with van der Waals surface area (Å²) in [5.74, 6) is -0.483. The molecule has 1 atom stereocenters. The molecular weight excluding hydrogens is 314 g/mol. The lowest BCUT2D eigenvalue weighted by Crippen LogP contribution is -2.45. The van der Waals surface area contributed by atoms with E-state index in [-0.39, 0.29) is 24.0 Å². The number of nitrogens with one attached hydrogen (secondary N) is 2. The molecule has 0 aromatic carbocycles. The second-order valence-corrected chi connectivity index (χ2v) is 7.54. The first-order valence-corrected chi connectivity index (χ1v) is 9.12. The monoisotopic (exact) mass is 337 g/mol. The van der Waals surface area contributed by atoms with Gasteiger partial charge in [-0.1, -0.05) is 0 Å². The van der Waals surface area contributed by atoms with Gasteiger partial charge < -0.3 is 15.7 Å². The fraction of sp³-hybridized carbons (Fsp3) is 0.688. The van der Waals surface area contributed by atoms with Gasteiger partial charge in [-0.05, 0) is 51.4 Å². The van der Waals surface area contributed by atoms with Crippen LogP contribution in [0.5, 0.6) is 0 Å². The molecule has 0 radical (unpaired) electrons. The highest BCUT2D eigenvalue weighted by Gasteiger charge is 2.36. The predicted molar refractivity (Wildman–Crippen MR) is 87.4 cm³/mol. The van der Waals surface area contributed by atoms with Crippen LogP contribution in [0.25, 0.3) is 0 Å². The summed E-state index contributed by atoms with van der Waals surface area (Å²) in [6, 6.07) is -0.0823. The standard InChI is InChI=1S/C16H23N3O3S/c1-9-8-23-14(17-9)13(10-2-3-10)19-16(22)18-12-6-4-11(5-7-12)15(20)21/h8,10-13H,2-7H2,1H3,(H,20,21)(H2,18,19,22). The molecule has 6 nitrogen and oxygen atoms in total. The highest BCUT2D eigenvalue weighted by atomic mass is 32.1. The summed E-state index contributed by atoms with van der Waals surface area (Å²) in [7, 11) is 0. The molecule has 1 unspecified atom stereocenters. The van der Waals surface area contributed by atoms with E-state index >= 15 is 0 Å². The summed E-state index contributed by atoms with van der Waals surface area (Å²) in [5.41, 5.74) is 0.991. The lowest BCUT2D eigenvalue weighted by molar-refractivity contribution is -0.142. The van der Waals surface area contributed by atoms with Crippen molar-refractivity contribution in [2.24, 2.45) is 11.8 Å². The molecule has 2 aliphatic rings. The molecule has 7 heteroatoms. The molecule has 1 aromatic rings. The van der Waals surface area contributed by atoms with Crippen LogP contribution in [0.2, 0.25) is 0 Å². The van der Waals surface area contributed by atoms with E-state index in [2.05, 4.69) is 15.6 Å². The van der Waals surface area contributed by atoms with Crippen molar-refractivity contribution in [1.29, 1.82) is 0 Å². The predicted octanol–water partition coefficient (Wildman–Crippen LogP) is 2.85. The van der Waals surface area contributed by atoms with E-state index in [1.807, 2.05) is 12.3 Å². The molecule has 23 heavy (non-hydrogen) atoms. The molecule has 2 saturated carbocycles. The van der Waals surface area contributed by atoms with Crippen LogP contribution < -0.4 is 10.6 Å². The number of carbonyl (C=O) groups excluding carboxylic acids is 1. The smallest absolute Gasteiger partial charge is 0.315 e. The SMILES string of the molecule is Cc1csc(C(NC(=O)NC2CCC(C(=O)O)CC2)C2CC2)n1. The molecule has 2 amide bonds. The maximum Gasteiger partial charge on any atom is 0.315 e. The molecule has 2 aliphatic carbocycles. The Morgan fingerprint density at radius 2 is 1.96 bits per heavy atom. The molecule has 0 saturated heterocycles. The van der Waals surface area contributed by atoms with Gasteiger partial charge in [0, 0.05) is 17.1 Å². The van der Waals surface area contributed by atoms with Gasteiger partial charge in [0.1, 0.15) is 5.01 Å². The Morgan fingerprint density at radius 3 is 2.48 bits per heavy atom. The molecule has 126 valence electrons. The molecule has 1 heterocycles. The maximum atomic E-state index is 12.3. The van der Waals surface area contributed by atoms with Crippen molar-refractivity contribution in [1.82, 2.24) is 15.6 Å². The summed E-state index contributed by atoms with van der Waals surface area (Å²) >= 11 is 1.60. The molecule has 0 bridgehead atoms. The van der Waals surface area contributed by atoms with Crippen molar-refractivity contribution >= 4 is 23.3 Å². The lowest BCUT2D eigenvalue weighted by Gasteiger charge is -2.27. The number of amides is 2. The lowest BCUT2D eigenvalue weighted by atomic mass is 9.86. The zero-order chi connectivity index (χ0) is 16.4. The minimum Gasteiger partial charge on any atom is -0.481 e. The highest BCUT2D eigenvalue weighted by Crippen LogP contribution is 2.41.